The van der Waals surface area contributed by atoms with Gasteiger partial charge >= 0.3 is 5.97 Å². The number of methoxy groups -OCH3 is 1. The summed E-state index contributed by atoms with van der Waals surface area (Å²) in [5, 5.41) is 8.97. The molecule has 0 aromatic heterocycles. The van der Waals surface area contributed by atoms with Crippen molar-refractivity contribution in [3.8, 4) is 0 Å². The summed E-state index contributed by atoms with van der Waals surface area (Å²) in [5.74, 6) is -0.695. The minimum absolute atomic E-state index is 0.0463. The van der Waals surface area contributed by atoms with E-state index in [1.807, 2.05) is 13.8 Å². The standard InChI is InChI=1S/C9H18O3/c1-5-9(3,8(10)11)7(2)6-12-4/h7H,5-6H2,1-4H3,(H,10,11). The van der Waals surface area contributed by atoms with Crippen molar-refractivity contribution in [2.45, 2.75) is 27.2 Å². The maximum Gasteiger partial charge on any atom is 0.309 e. The first-order chi connectivity index (χ1) is 5.49. The van der Waals surface area contributed by atoms with Gasteiger partial charge in [0.15, 0.2) is 0 Å². The van der Waals surface area contributed by atoms with E-state index in [2.05, 4.69) is 0 Å². The summed E-state index contributed by atoms with van der Waals surface area (Å²) >= 11 is 0. The van der Waals surface area contributed by atoms with Gasteiger partial charge in [0.1, 0.15) is 0 Å². The fraction of sp³-hybridized carbons (Fsp3) is 0.889. The maximum absolute atomic E-state index is 10.9. The van der Waals surface area contributed by atoms with Crippen LogP contribution in [0.15, 0.2) is 0 Å². The minimum Gasteiger partial charge on any atom is -0.481 e. The van der Waals surface area contributed by atoms with Gasteiger partial charge in [0.05, 0.1) is 5.41 Å². The van der Waals surface area contributed by atoms with Crippen LogP contribution >= 0.6 is 0 Å². The number of rotatable bonds is 5. The first-order valence-electron chi connectivity index (χ1n) is 4.21. The largest absolute Gasteiger partial charge is 0.481 e. The maximum atomic E-state index is 10.9. The van der Waals surface area contributed by atoms with E-state index in [0.717, 1.165) is 0 Å². The van der Waals surface area contributed by atoms with Crippen LogP contribution in [0.25, 0.3) is 0 Å². The quantitative estimate of drug-likeness (QED) is 0.691. The van der Waals surface area contributed by atoms with Crippen molar-refractivity contribution >= 4 is 5.97 Å². The average Bonchev–Trinajstić information content (AvgIpc) is 2.03. The van der Waals surface area contributed by atoms with Crippen molar-refractivity contribution in [1.82, 2.24) is 0 Å². The third-order valence-corrected chi connectivity index (χ3v) is 2.73. The van der Waals surface area contributed by atoms with Crippen LogP contribution in [0, 0.1) is 11.3 Å². The van der Waals surface area contributed by atoms with Gasteiger partial charge in [-0.25, -0.2) is 0 Å². The number of carbonyl (C=O) groups is 1. The molecule has 0 aliphatic rings. The predicted octanol–water partition coefficient (Wildman–Crippen LogP) is 1.77. The monoisotopic (exact) mass is 174 g/mol. The van der Waals surface area contributed by atoms with Crippen molar-refractivity contribution < 1.29 is 14.6 Å². The topological polar surface area (TPSA) is 46.5 Å². The Kier molecular flexibility index (Phi) is 4.24. The molecule has 0 fully saturated rings. The number of hydrogen-bond donors (Lipinski definition) is 1. The van der Waals surface area contributed by atoms with Crippen molar-refractivity contribution in [2.24, 2.45) is 11.3 Å². The smallest absolute Gasteiger partial charge is 0.309 e. The summed E-state index contributed by atoms with van der Waals surface area (Å²) in [7, 11) is 1.59. The number of aliphatic carboxylic acids is 1. The fourth-order valence-corrected chi connectivity index (χ4v) is 1.14. The second kappa shape index (κ2) is 4.45. The molecule has 0 heterocycles. The highest BCUT2D eigenvalue weighted by molar-refractivity contribution is 5.74. The number of carboxylic acid groups (broad SMARTS) is 1. The Hall–Kier alpha value is -0.570. The van der Waals surface area contributed by atoms with Crippen LogP contribution < -0.4 is 0 Å². The third kappa shape index (κ3) is 2.21. The van der Waals surface area contributed by atoms with Gasteiger partial charge in [0, 0.05) is 13.7 Å². The predicted molar refractivity (Wildman–Crippen MR) is 47.1 cm³/mol. The molecule has 0 aromatic carbocycles. The Morgan fingerprint density at radius 1 is 1.67 bits per heavy atom. The lowest BCUT2D eigenvalue weighted by atomic mass is 9.76. The van der Waals surface area contributed by atoms with Crippen molar-refractivity contribution in [3.05, 3.63) is 0 Å². The lowest BCUT2D eigenvalue weighted by Gasteiger charge is -2.29. The zero-order valence-corrected chi connectivity index (χ0v) is 8.26. The highest BCUT2D eigenvalue weighted by atomic mass is 16.5. The van der Waals surface area contributed by atoms with Gasteiger partial charge < -0.3 is 9.84 Å². The summed E-state index contributed by atoms with van der Waals surface area (Å²) < 4.78 is 4.94. The number of carboxylic acids is 1. The van der Waals surface area contributed by atoms with Crippen LogP contribution in [0.2, 0.25) is 0 Å². The molecule has 2 atom stereocenters. The lowest BCUT2D eigenvalue weighted by molar-refractivity contribution is -0.152. The van der Waals surface area contributed by atoms with E-state index in [1.54, 1.807) is 14.0 Å². The Bertz CT molecular complexity index is 156. The first-order valence-corrected chi connectivity index (χ1v) is 4.21. The second-order valence-electron chi connectivity index (χ2n) is 3.43. The molecule has 0 aliphatic heterocycles. The molecule has 0 radical (unpaired) electrons. The van der Waals surface area contributed by atoms with E-state index >= 15 is 0 Å². The molecule has 12 heavy (non-hydrogen) atoms. The summed E-state index contributed by atoms with van der Waals surface area (Å²) in [6.45, 7) is 6.05. The third-order valence-electron chi connectivity index (χ3n) is 2.73. The summed E-state index contributed by atoms with van der Waals surface area (Å²) in [4.78, 5) is 10.9. The zero-order chi connectivity index (χ0) is 9.78. The van der Waals surface area contributed by atoms with Gasteiger partial charge in [-0.3, -0.25) is 4.79 Å². The van der Waals surface area contributed by atoms with Crippen LogP contribution in [0.5, 0.6) is 0 Å². The fourth-order valence-electron chi connectivity index (χ4n) is 1.14. The molecular formula is C9H18O3. The van der Waals surface area contributed by atoms with E-state index in [9.17, 15) is 4.79 Å². The van der Waals surface area contributed by atoms with E-state index in [-0.39, 0.29) is 5.92 Å². The van der Waals surface area contributed by atoms with E-state index < -0.39 is 11.4 Å². The molecule has 0 saturated carbocycles. The molecule has 0 aromatic rings. The molecular weight excluding hydrogens is 156 g/mol. The Morgan fingerprint density at radius 2 is 2.17 bits per heavy atom. The van der Waals surface area contributed by atoms with Crippen LogP contribution in [0.1, 0.15) is 27.2 Å². The van der Waals surface area contributed by atoms with Crippen LogP contribution in [0.3, 0.4) is 0 Å². The highest BCUT2D eigenvalue weighted by Gasteiger charge is 2.36. The second-order valence-corrected chi connectivity index (χ2v) is 3.43. The van der Waals surface area contributed by atoms with E-state index in [4.69, 9.17) is 9.84 Å². The molecule has 0 rings (SSSR count). The molecule has 0 saturated heterocycles. The van der Waals surface area contributed by atoms with Gasteiger partial charge in [-0.2, -0.15) is 0 Å². The van der Waals surface area contributed by atoms with Crippen molar-refractivity contribution in [2.75, 3.05) is 13.7 Å². The highest BCUT2D eigenvalue weighted by Crippen LogP contribution is 2.31. The summed E-state index contributed by atoms with van der Waals surface area (Å²) in [5.41, 5.74) is -0.657. The minimum atomic E-state index is -0.741. The first kappa shape index (κ1) is 11.4. The SMILES string of the molecule is CCC(C)(C(=O)O)C(C)COC. The summed E-state index contributed by atoms with van der Waals surface area (Å²) in [6.07, 6.45) is 0.632. The number of ether oxygens (including phenoxy) is 1. The van der Waals surface area contributed by atoms with Crippen molar-refractivity contribution in [1.29, 1.82) is 0 Å². The summed E-state index contributed by atoms with van der Waals surface area (Å²) in [6, 6.07) is 0. The van der Waals surface area contributed by atoms with Gasteiger partial charge in [-0.1, -0.05) is 13.8 Å². The normalized spacial score (nSPS) is 18.3. The molecule has 2 unspecified atom stereocenters. The Labute approximate surface area is 73.7 Å². The Morgan fingerprint density at radius 3 is 2.42 bits per heavy atom. The number of hydrogen-bond acceptors (Lipinski definition) is 2. The molecule has 0 spiro atoms. The van der Waals surface area contributed by atoms with E-state index in [1.165, 1.54) is 0 Å². The molecule has 72 valence electrons. The van der Waals surface area contributed by atoms with Gasteiger partial charge in [0.2, 0.25) is 0 Å². The lowest BCUT2D eigenvalue weighted by Crippen LogP contribution is -2.36. The molecule has 3 heteroatoms. The van der Waals surface area contributed by atoms with Gasteiger partial charge in [-0.15, -0.1) is 0 Å². The van der Waals surface area contributed by atoms with Crippen LogP contribution in [-0.2, 0) is 9.53 Å². The zero-order valence-electron chi connectivity index (χ0n) is 8.26. The van der Waals surface area contributed by atoms with Crippen LogP contribution in [0.4, 0.5) is 0 Å². The molecule has 1 N–H and O–H groups in total. The Balaban J connectivity index is 4.39. The molecule has 3 nitrogen and oxygen atoms in total. The van der Waals surface area contributed by atoms with Gasteiger partial charge in [-0.05, 0) is 19.3 Å². The van der Waals surface area contributed by atoms with Gasteiger partial charge in [0.25, 0.3) is 0 Å². The van der Waals surface area contributed by atoms with Crippen molar-refractivity contribution in [3.63, 3.8) is 0 Å². The molecule has 0 amide bonds. The molecule has 0 aliphatic carbocycles. The van der Waals surface area contributed by atoms with Crippen LogP contribution in [-0.4, -0.2) is 24.8 Å². The average molecular weight is 174 g/mol. The van der Waals surface area contributed by atoms with E-state index in [0.29, 0.717) is 13.0 Å². The molecule has 0 bridgehead atoms.